The molecule has 160 valence electrons. The number of aromatic nitrogens is 2. The van der Waals surface area contributed by atoms with Crippen LogP contribution in [-0.4, -0.2) is 35.6 Å². The van der Waals surface area contributed by atoms with Gasteiger partial charge in [0.25, 0.3) is 0 Å². The summed E-state index contributed by atoms with van der Waals surface area (Å²) in [6, 6.07) is 15.4. The Hall–Kier alpha value is -3.48. The zero-order valence-corrected chi connectivity index (χ0v) is 17.4. The Labute approximate surface area is 181 Å². The quantitative estimate of drug-likeness (QED) is 0.634. The lowest BCUT2D eigenvalue weighted by molar-refractivity contribution is -0.120. The van der Waals surface area contributed by atoms with Crippen LogP contribution in [0.1, 0.15) is 19.8 Å². The highest BCUT2D eigenvalue weighted by atomic mass is 19.1. The molecular weight excluding hydrogens is 395 g/mol. The fourth-order valence-corrected chi connectivity index (χ4v) is 3.71. The Morgan fingerprint density at radius 3 is 2.68 bits per heavy atom. The molecule has 1 aliphatic rings. The molecule has 1 N–H and O–H groups in total. The molecule has 1 amide bonds. The molecule has 0 aliphatic carbocycles. The van der Waals surface area contributed by atoms with Crippen LogP contribution in [0.3, 0.4) is 0 Å². The third-order valence-electron chi connectivity index (χ3n) is 5.29. The molecular formula is C24H25FN4O2. The van der Waals surface area contributed by atoms with E-state index < -0.39 is 0 Å². The molecule has 1 saturated heterocycles. The number of benzene rings is 2. The average molecular weight is 420 g/mol. The molecule has 3 aromatic rings. The molecule has 1 fully saturated rings. The minimum Gasteiger partial charge on any atom is -0.494 e. The number of piperidine rings is 1. The van der Waals surface area contributed by atoms with Crippen LogP contribution < -0.4 is 15.0 Å². The third kappa shape index (κ3) is 5.17. The standard InChI is InChI=1S/C24H25FN4O2/c1-2-31-21-11-9-20(10-12-21)27-24(30)18-4-3-15-29(16-18)22-13-14-26-23(28-22)17-5-7-19(25)8-6-17/h5-14,18H,2-4,15-16H2,1H3,(H,27,30)/t18-/m1/s1. The Kier molecular flexibility index (Phi) is 6.40. The average Bonchev–Trinajstić information content (AvgIpc) is 2.81. The van der Waals surface area contributed by atoms with Crippen LogP contribution in [0.25, 0.3) is 11.4 Å². The molecule has 7 heteroatoms. The van der Waals surface area contributed by atoms with Crippen LogP contribution in [0, 0.1) is 11.7 Å². The van der Waals surface area contributed by atoms with Crippen LogP contribution in [0.2, 0.25) is 0 Å². The van der Waals surface area contributed by atoms with Gasteiger partial charge in [-0.1, -0.05) is 0 Å². The molecule has 1 atom stereocenters. The highest BCUT2D eigenvalue weighted by Gasteiger charge is 2.27. The molecule has 0 radical (unpaired) electrons. The van der Waals surface area contributed by atoms with Crippen molar-refractivity contribution in [2.24, 2.45) is 5.92 Å². The third-order valence-corrected chi connectivity index (χ3v) is 5.29. The summed E-state index contributed by atoms with van der Waals surface area (Å²) in [6.45, 7) is 3.95. The van der Waals surface area contributed by atoms with Gasteiger partial charge in [-0.15, -0.1) is 0 Å². The predicted molar refractivity (Wildman–Crippen MR) is 119 cm³/mol. The SMILES string of the molecule is CCOc1ccc(NC(=O)[C@@H]2CCCN(c3ccnc(-c4ccc(F)cc4)n3)C2)cc1. The lowest BCUT2D eigenvalue weighted by Gasteiger charge is -2.33. The minimum atomic E-state index is -0.294. The normalized spacial score (nSPS) is 16.1. The van der Waals surface area contributed by atoms with E-state index in [1.54, 1.807) is 18.3 Å². The second-order valence-electron chi connectivity index (χ2n) is 7.48. The summed E-state index contributed by atoms with van der Waals surface area (Å²) in [5.41, 5.74) is 1.51. The predicted octanol–water partition coefficient (Wildman–Crippen LogP) is 4.54. The van der Waals surface area contributed by atoms with Crippen molar-refractivity contribution >= 4 is 17.4 Å². The van der Waals surface area contributed by atoms with Gasteiger partial charge in [-0.25, -0.2) is 14.4 Å². The Balaban J connectivity index is 1.42. The highest BCUT2D eigenvalue weighted by Crippen LogP contribution is 2.25. The first-order chi connectivity index (χ1) is 15.1. The molecule has 0 saturated carbocycles. The first-order valence-corrected chi connectivity index (χ1v) is 10.5. The van der Waals surface area contributed by atoms with Crippen molar-refractivity contribution in [1.29, 1.82) is 0 Å². The topological polar surface area (TPSA) is 67.3 Å². The molecule has 2 aromatic carbocycles. The summed E-state index contributed by atoms with van der Waals surface area (Å²) in [6.07, 6.45) is 3.43. The lowest BCUT2D eigenvalue weighted by atomic mass is 9.97. The van der Waals surface area contributed by atoms with E-state index in [1.807, 2.05) is 37.3 Å². The zero-order valence-electron chi connectivity index (χ0n) is 17.4. The highest BCUT2D eigenvalue weighted by molar-refractivity contribution is 5.93. The van der Waals surface area contributed by atoms with E-state index in [1.165, 1.54) is 12.1 Å². The van der Waals surface area contributed by atoms with Crippen molar-refractivity contribution in [2.45, 2.75) is 19.8 Å². The van der Waals surface area contributed by atoms with Gasteiger partial charge in [0.05, 0.1) is 12.5 Å². The molecule has 1 aliphatic heterocycles. The van der Waals surface area contributed by atoms with Crippen molar-refractivity contribution in [1.82, 2.24) is 9.97 Å². The van der Waals surface area contributed by atoms with Gasteiger partial charge in [0, 0.05) is 30.5 Å². The number of carbonyl (C=O) groups excluding carboxylic acids is 1. The number of hydrogen-bond donors (Lipinski definition) is 1. The van der Waals surface area contributed by atoms with Crippen molar-refractivity contribution in [3.05, 3.63) is 66.6 Å². The second kappa shape index (κ2) is 9.55. The number of rotatable bonds is 6. The van der Waals surface area contributed by atoms with Crippen LogP contribution >= 0.6 is 0 Å². The number of anilines is 2. The van der Waals surface area contributed by atoms with E-state index in [9.17, 15) is 9.18 Å². The molecule has 2 heterocycles. The van der Waals surface area contributed by atoms with Gasteiger partial charge >= 0.3 is 0 Å². The van der Waals surface area contributed by atoms with Crippen LogP contribution in [0.4, 0.5) is 15.9 Å². The molecule has 0 bridgehead atoms. The fourth-order valence-electron chi connectivity index (χ4n) is 3.71. The first-order valence-electron chi connectivity index (χ1n) is 10.5. The van der Waals surface area contributed by atoms with E-state index in [4.69, 9.17) is 4.74 Å². The van der Waals surface area contributed by atoms with Crippen molar-refractivity contribution in [3.8, 4) is 17.1 Å². The Bertz CT molecular complexity index is 1020. The number of nitrogens with zero attached hydrogens (tertiary/aromatic N) is 3. The van der Waals surface area contributed by atoms with Gasteiger partial charge in [0.1, 0.15) is 17.4 Å². The molecule has 6 nitrogen and oxygen atoms in total. The van der Waals surface area contributed by atoms with Crippen LogP contribution in [-0.2, 0) is 4.79 Å². The van der Waals surface area contributed by atoms with E-state index in [0.717, 1.165) is 42.2 Å². The van der Waals surface area contributed by atoms with Crippen LogP contribution in [0.15, 0.2) is 60.8 Å². The van der Waals surface area contributed by atoms with Gasteiger partial charge in [-0.3, -0.25) is 4.79 Å². The molecule has 4 rings (SSSR count). The van der Waals surface area contributed by atoms with Crippen molar-refractivity contribution in [2.75, 3.05) is 29.9 Å². The number of carbonyl (C=O) groups is 1. The summed E-state index contributed by atoms with van der Waals surface area (Å²) in [5.74, 6) is 1.67. The summed E-state index contributed by atoms with van der Waals surface area (Å²) in [4.78, 5) is 23.9. The zero-order chi connectivity index (χ0) is 21.6. The van der Waals surface area contributed by atoms with Gasteiger partial charge in [0.2, 0.25) is 5.91 Å². The lowest BCUT2D eigenvalue weighted by Crippen LogP contribution is -2.41. The van der Waals surface area contributed by atoms with Crippen molar-refractivity contribution < 1.29 is 13.9 Å². The Morgan fingerprint density at radius 2 is 1.94 bits per heavy atom. The van der Waals surface area contributed by atoms with Gasteiger partial charge in [-0.05, 0) is 74.4 Å². The largest absolute Gasteiger partial charge is 0.494 e. The van der Waals surface area contributed by atoms with Gasteiger partial charge in [0.15, 0.2) is 5.82 Å². The van der Waals surface area contributed by atoms with E-state index in [2.05, 4.69) is 20.2 Å². The number of amides is 1. The fraction of sp³-hybridized carbons (Fsp3) is 0.292. The van der Waals surface area contributed by atoms with Gasteiger partial charge < -0.3 is 15.0 Å². The Morgan fingerprint density at radius 1 is 1.16 bits per heavy atom. The maximum atomic E-state index is 13.2. The maximum absolute atomic E-state index is 13.2. The van der Waals surface area contributed by atoms with Crippen LogP contribution in [0.5, 0.6) is 5.75 Å². The monoisotopic (exact) mass is 420 g/mol. The number of hydrogen-bond acceptors (Lipinski definition) is 5. The molecule has 0 spiro atoms. The summed E-state index contributed by atoms with van der Waals surface area (Å²) in [5, 5.41) is 3.01. The van der Waals surface area contributed by atoms with E-state index in [0.29, 0.717) is 19.0 Å². The van der Waals surface area contributed by atoms with Crippen molar-refractivity contribution in [3.63, 3.8) is 0 Å². The minimum absolute atomic E-state index is 0.00155. The smallest absolute Gasteiger partial charge is 0.229 e. The number of ether oxygens (including phenoxy) is 1. The first kappa shape index (κ1) is 20.8. The molecule has 1 aromatic heterocycles. The van der Waals surface area contributed by atoms with E-state index >= 15 is 0 Å². The summed E-state index contributed by atoms with van der Waals surface area (Å²) < 4.78 is 18.7. The number of halogens is 1. The van der Waals surface area contributed by atoms with E-state index in [-0.39, 0.29) is 17.6 Å². The summed E-state index contributed by atoms with van der Waals surface area (Å²) in [7, 11) is 0. The summed E-state index contributed by atoms with van der Waals surface area (Å²) >= 11 is 0. The second-order valence-corrected chi connectivity index (χ2v) is 7.48. The number of nitrogens with one attached hydrogen (secondary N) is 1. The maximum Gasteiger partial charge on any atom is 0.229 e. The van der Waals surface area contributed by atoms with Gasteiger partial charge in [-0.2, -0.15) is 0 Å². The molecule has 31 heavy (non-hydrogen) atoms. The molecule has 0 unspecified atom stereocenters.